The lowest BCUT2D eigenvalue weighted by atomic mass is 10.1. The number of nitrogens with one attached hydrogen (secondary N) is 2. The van der Waals surface area contributed by atoms with E-state index in [1.165, 1.54) is 0 Å². The van der Waals surface area contributed by atoms with Gasteiger partial charge in [0.1, 0.15) is 0 Å². The van der Waals surface area contributed by atoms with Gasteiger partial charge in [-0.3, -0.25) is 0 Å². The number of ether oxygens (including phenoxy) is 1. The van der Waals surface area contributed by atoms with Crippen LogP contribution in [-0.2, 0) is 0 Å². The average Bonchev–Trinajstić information content (AvgIpc) is 2.36. The number of rotatable bonds is 7. The molecule has 0 saturated carbocycles. The summed E-state index contributed by atoms with van der Waals surface area (Å²) in [5.74, 6) is 1.03. The van der Waals surface area contributed by atoms with E-state index in [9.17, 15) is 0 Å². The second-order valence-electron chi connectivity index (χ2n) is 5.06. The normalized spacial score (nSPS) is 11.5. The smallest absolute Gasteiger partial charge is 0.322 e. The lowest BCUT2D eigenvalue weighted by molar-refractivity contribution is 0.209. The first-order valence-corrected chi connectivity index (χ1v) is 6.34. The Morgan fingerprint density at radius 1 is 1.11 bits per heavy atom. The maximum Gasteiger partial charge on any atom is 0.322 e. The van der Waals surface area contributed by atoms with Crippen molar-refractivity contribution in [2.75, 3.05) is 44.9 Å². The predicted molar refractivity (Wildman–Crippen MR) is 76.8 cm³/mol. The van der Waals surface area contributed by atoms with Crippen molar-refractivity contribution in [2.45, 2.75) is 26.3 Å². The summed E-state index contributed by atoms with van der Waals surface area (Å²) < 4.78 is 5.07. The lowest BCUT2D eigenvalue weighted by Crippen LogP contribution is -2.44. The lowest BCUT2D eigenvalue weighted by Gasteiger charge is -2.32. The molecular formula is C12H24N6O. The van der Waals surface area contributed by atoms with E-state index >= 15 is 0 Å². The van der Waals surface area contributed by atoms with Crippen molar-refractivity contribution < 1.29 is 4.74 Å². The van der Waals surface area contributed by atoms with Gasteiger partial charge in [0.15, 0.2) is 0 Å². The molecule has 1 aromatic rings. The van der Waals surface area contributed by atoms with E-state index in [1.54, 1.807) is 7.11 Å². The summed E-state index contributed by atoms with van der Waals surface area (Å²) in [6, 6.07) is 0.302. The van der Waals surface area contributed by atoms with Crippen molar-refractivity contribution in [3.8, 4) is 6.01 Å². The highest BCUT2D eigenvalue weighted by molar-refractivity contribution is 5.36. The van der Waals surface area contributed by atoms with E-state index in [1.807, 2.05) is 21.0 Å². The molecule has 0 radical (unpaired) electrons. The molecule has 0 aliphatic rings. The molecule has 0 aromatic carbocycles. The number of methoxy groups -OCH3 is 1. The van der Waals surface area contributed by atoms with E-state index in [2.05, 4.69) is 44.3 Å². The number of likely N-dealkylation sites (N-methyl/N-ethyl adjacent to an activating group) is 1. The molecule has 0 spiro atoms. The van der Waals surface area contributed by atoms with E-state index < -0.39 is 0 Å². The van der Waals surface area contributed by atoms with Gasteiger partial charge in [-0.15, -0.1) is 0 Å². The van der Waals surface area contributed by atoms with E-state index in [4.69, 9.17) is 4.74 Å². The second kappa shape index (κ2) is 6.51. The van der Waals surface area contributed by atoms with Crippen molar-refractivity contribution in [3.05, 3.63) is 0 Å². The largest absolute Gasteiger partial charge is 0.467 e. The van der Waals surface area contributed by atoms with Crippen LogP contribution in [0, 0.1) is 0 Å². The quantitative estimate of drug-likeness (QED) is 0.766. The van der Waals surface area contributed by atoms with Crippen molar-refractivity contribution in [2.24, 2.45) is 0 Å². The molecule has 0 amide bonds. The Balaban J connectivity index is 2.80. The highest BCUT2D eigenvalue weighted by Gasteiger charge is 2.20. The van der Waals surface area contributed by atoms with Crippen molar-refractivity contribution >= 4 is 11.9 Å². The Labute approximate surface area is 114 Å². The van der Waals surface area contributed by atoms with Crippen molar-refractivity contribution in [3.63, 3.8) is 0 Å². The van der Waals surface area contributed by atoms with Gasteiger partial charge in [0.2, 0.25) is 11.9 Å². The zero-order chi connectivity index (χ0) is 14.5. The number of hydrogen-bond donors (Lipinski definition) is 2. The first-order valence-electron chi connectivity index (χ1n) is 6.34. The van der Waals surface area contributed by atoms with Gasteiger partial charge in [-0.05, 0) is 34.9 Å². The molecule has 0 saturated heterocycles. The van der Waals surface area contributed by atoms with Gasteiger partial charge in [-0.25, -0.2) is 0 Å². The number of aromatic nitrogens is 3. The summed E-state index contributed by atoms with van der Waals surface area (Å²) in [5, 5.41) is 6.27. The molecule has 1 heterocycles. The molecule has 0 aliphatic heterocycles. The van der Waals surface area contributed by atoms with E-state index in [-0.39, 0.29) is 5.54 Å². The van der Waals surface area contributed by atoms with Crippen LogP contribution >= 0.6 is 0 Å². The third-order valence-electron chi connectivity index (χ3n) is 3.02. The van der Waals surface area contributed by atoms with Gasteiger partial charge in [-0.1, -0.05) is 0 Å². The Kier molecular flexibility index (Phi) is 5.29. The van der Waals surface area contributed by atoms with Crippen LogP contribution < -0.4 is 15.4 Å². The standard InChI is InChI=1S/C12H24N6O/c1-7-13-9-15-10(17-11(16-9)19-6)14-8-12(2,3)18(4)5/h7-8H2,1-6H3,(H2,13,14,15,16,17). The fourth-order valence-corrected chi connectivity index (χ4v) is 1.22. The molecule has 7 heteroatoms. The molecule has 0 atom stereocenters. The number of nitrogens with zero attached hydrogens (tertiary/aromatic N) is 4. The summed E-state index contributed by atoms with van der Waals surface area (Å²) >= 11 is 0. The fourth-order valence-electron chi connectivity index (χ4n) is 1.22. The van der Waals surface area contributed by atoms with Gasteiger partial charge in [-0.2, -0.15) is 15.0 Å². The molecule has 0 bridgehead atoms. The van der Waals surface area contributed by atoms with Gasteiger partial charge in [0.25, 0.3) is 0 Å². The van der Waals surface area contributed by atoms with Crippen LogP contribution in [0.15, 0.2) is 0 Å². The summed E-state index contributed by atoms with van der Waals surface area (Å²) in [4.78, 5) is 14.7. The maximum absolute atomic E-state index is 5.07. The zero-order valence-corrected chi connectivity index (χ0v) is 12.6. The van der Waals surface area contributed by atoms with E-state index in [0.29, 0.717) is 17.9 Å². The maximum atomic E-state index is 5.07. The van der Waals surface area contributed by atoms with E-state index in [0.717, 1.165) is 13.1 Å². The first kappa shape index (κ1) is 15.4. The molecular weight excluding hydrogens is 244 g/mol. The highest BCUT2D eigenvalue weighted by Crippen LogP contribution is 2.14. The molecule has 0 unspecified atom stereocenters. The number of anilines is 2. The molecule has 0 fully saturated rings. The topological polar surface area (TPSA) is 75.2 Å². The van der Waals surface area contributed by atoms with Gasteiger partial charge >= 0.3 is 6.01 Å². The highest BCUT2D eigenvalue weighted by atomic mass is 16.5. The van der Waals surface area contributed by atoms with Crippen LogP contribution in [-0.4, -0.2) is 59.7 Å². The van der Waals surface area contributed by atoms with Crippen LogP contribution in [0.3, 0.4) is 0 Å². The molecule has 7 nitrogen and oxygen atoms in total. The van der Waals surface area contributed by atoms with Crippen LogP contribution in [0.2, 0.25) is 0 Å². The molecule has 1 aromatic heterocycles. The Bertz CT molecular complexity index is 407. The average molecular weight is 268 g/mol. The Hall–Kier alpha value is -1.63. The monoisotopic (exact) mass is 268 g/mol. The molecule has 1 rings (SSSR count). The first-order chi connectivity index (χ1) is 8.89. The summed E-state index contributed by atoms with van der Waals surface area (Å²) in [7, 11) is 5.62. The second-order valence-corrected chi connectivity index (χ2v) is 5.06. The molecule has 108 valence electrons. The van der Waals surface area contributed by atoms with Crippen LogP contribution in [0.25, 0.3) is 0 Å². The van der Waals surface area contributed by atoms with Crippen LogP contribution in [0.1, 0.15) is 20.8 Å². The molecule has 19 heavy (non-hydrogen) atoms. The van der Waals surface area contributed by atoms with Crippen LogP contribution in [0.4, 0.5) is 11.9 Å². The minimum absolute atomic E-state index is 0.00177. The minimum atomic E-state index is -0.00177. The summed E-state index contributed by atoms with van der Waals surface area (Å²) in [6.07, 6.45) is 0. The minimum Gasteiger partial charge on any atom is -0.467 e. The van der Waals surface area contributed by atoms with Gasteiger partial charge in [0, 0.05) is 18.6 Å². The van der Waals surface area contributed by atoms with Gasteiger partial charge in [0.05, 0.1) is 7.11 Å². The summed E-state index contributed by atoms with van der Waals surface area (Å²) in [5.41, 5.74) is -0.00177. The summed E-state index contributed by atoms with van der Waals surface area (Å²) in [6.45, 7) is 7.74. The zero-order valence-electron chi connectivity index (χ0n) is 12.6. The third-order valence-corrected chi connectivity index (χ3v) is 3.02. The van der Waals surface area contributed by atoms with Gasteiger partial charge < -0.3 is 20.3 Å². The Morgan fingerprint density at radius 2 is 1.68 bits per heavy atom. The molecule has 2 N–H and O–H groups in total. The van der Waals surface area contributed by atoms with Crippen molar-refractivity contribution in [1.82, 2.24) is 19.9 Å². The van der Waals surface area contributed by atoms with Crippen molar-refractivity contribution in [1.29, 1.82) is 0 Å². The molecule has 0 aliphatic carbocycles. The Morgan fingerprint density at radius 3 is 2.16 bits per heavy atom. The van der Waals surface area contributed by atoms with Crippen LogP contribution in [0.5, 0.6) is 6.01 Å². The SMILES string of the molecule is CCNc1nc(NCC(C)(C)N(C)C)nc(OC)n1. The fraction of sp³-hybridized carbons (Fsp3) is 0.750. The third kappa shape index (κ3) is 4.51. The number of hydrogen-bond acceptors (Lipinski definition) is 7. The predicted octanol–water partition coefficient (Wildman–Crippen LogP) is 1.06.